The highest BCUT2D eigenvalue weighted by Gasteiger charge is 2.39. The lowest BCUT2D eigenvalue weighted by molar-refractivity contribution is -0.163. The summed E-state index contributed by atoms with van der Waals surface area (Å²) in [5, 5.41) is 14.9. The molecule has 0 saturated carbocycles. The van der Waals surface area contributed by atoms with E-state index in [-0.39, 0.29) is 40.9 Å². The smallest absolute Gasteiger partial charge is 0.355 e. The molecule has 0 radical (unpaired) electrons. The van der Waals surface area contributed by atoms with Gasteiger partial charge >= 0.3 is 23.9 Å². The molecule has 104 heavy (non-hydrogen) atoms. The first-order valence-electron chi connectivity index (χ1n) is 35.6. The lowest BCUT2D eigenvalue weighted by Gasteiger charge is -2.32. The summed E-state index contributed by atoms with van der Waals surface area (Å²) in [4.78, 5) is 61.2. The van der Waals surface area contributed by atoms with Crippen LogP contribution in [0.2, 0.25) is 0 Å². The molecule has 4 atom stereocenters. The van der Waals surface area contributed by atoms with Crippen LogP contribution >= 0.6 is 0 Å². The number of rotatable bonds is 9. The van der Waals surface area contributed by atoms with Gasteiger partial charge in [-0.1, -0.05) is 103 Å². The lowest BCUT2D eigenvalue weighted by atomic mass is 9.96. The topological polar surface area (TPSA) is 230 Å². The zero-order valence-corrected chi connectivity index (χ0v) is 63.8. The van der Waals surface area contributed by atoms with Crippen LogP contribution in [0.4, 0.5) is 0 Å². The second kappa shape index (κ2) is 31.1. The number of ether oxygens (including phenoxy) is 4. The maximum atomic E-state index is 13.0. The standard InChI is InChI=1S/C25H29NO4S.C17H21NO3.C17H21NO2.C17H19NO2.C8H8O3S/c1-25(2,3)30-24(27)23-11-7-10-22-20(19-8-5-6-9-21(19)26(22)23)16-17-12-14-18(15-13-17)31(4,28)29;1-17(2,3)21-16(20)15-14(19)9-8-12-10-11-6-4-5-7-13(11)18(12)15;2*1-17(2,3)20-16(19)15-10-6-8-13-11-12-7-4-5-9-14(12)18(13)15;1-12(10,11)8-4-2-7(6-9)3-5-8/h5-6,8-9,12-15,23H,7,10-11,16H2,1-4H3;4-7,10,14-15,19H,8-9H2,1-3H3;4-5,7,9,11,15H,6,8,10H2,1-3H3;4-5,7,9-11H,6,8H2,1-3H3;2-6H,1H3. The summed E-state index contributed by atoms with van der Waals surface area (Å²) in [6.45, 7) is 22.6. The molecule has 4 aliphatic rings. The SMILES string of the molecule is CC(C)(C)OC(=O)C1=CCCc2cc3ccccc3n21.CC(C)(C)OC(=O)C1C(O)CCc2cc3ccccc3n21.CC(C)(C)OC(=O)C1CCCc2c(Cc3ccc(S(C)(=O)=O)cc3)c3ccccc3n21.CC(C)(C)OC(=O)C1CCCc2cc3ccccc3n21.CS(=O)(=O)c1ccc(C=O)cc1. The number of carbonyl (C=O) groups excluding carboxylic acids is 5. The van der Waals surface area contributed by atoms with E-state index < -0.39 is 54.2 Å². The summed E-state index contributed by atoms with van der Waals surface area (Å²) in [5.41, 5.74) is 10.3. The van der Waals surface area contributed by atoms with Gasteiger partial charge < -0.3 is 42.3 Å². The molecule has 6 aromatic carbocycles. The van der Waals surface area contributed by atoms with Gasteiger partial charge in [0.2, 0.25) is 0 Å². The summed E-state index contributed by atoms with van der Waals surface area (Å²) >= 11 is 0. The number of esters is 4. The molecule has 4 unspecified atom stereocenters. The van der Waals surface area contributed by atoms with Crippen LogP contribution in [0.3, 0.4) is 0 Å². The number of aliphatic hydroxyl groups excluding tert-OH is 1. The van der Waals surface area contributed by atoms with Gasteiger partial charge in [0.1, 0.15) is 46.5 Å². The van der Waals surface area contributed by atoms with Gasteiger partial charge in [-0.05, 0) is 242 Å². The second-order valence-electron chi connectivity index (χ2n) is 31.1. The minimum absolute atomic E-state index is 0.111. The predicted molar refractivity (Wildman–Crippen MR) is 408 cm³/mol. The first-order valence-corrected chi connectivity index (χ1v) is 39.4. The molecule has 18 nitrogen and oxygen atoms in total. The number of hydrogen-bond acceptors (Lipinski definition) is 14. The molecule has 14 rings (SSSR count). The molecular weight excluding hydrogens is 1350 g/mol. The van der Waals surface area contributed by atoms with Crippen LogP contribution in [0.1, 0.15) is 184 Å². The van der Waals surface area contributed by atoms with Crippen molar-refractivity contribution in [2.45, 2.75) is 210 Å². The molecule has 8 heterocycles. The van der Waals surface area contributed by atoms with Gasteiger partial charge in [0.15, 0.2) is 25.7 Å². The van der Waals surface area contributed by atoms with Gasteiger partial charge in [-0.15, -0.1) is 0 Å². The average Bonchev–Trinajstić information content (AvgIpc) is 1.59. The number of sulfone groups is 2. The summed E-state index contributed by atoms with van der Waals surface area (Å²) in [7, 11) is -6.36. The van der Waals surface area contributed by atoms with Crippen molar-refractivity contribution in [3.63, 3.8) is 0 Å². The number of aldehydes is 1. The molecule has 1 N–H and O–H groups in total. The van der Waals surface area contributed by atoms with Crippen LogP contribution in [0.15, 0.2) is 180 Å². The number of allylic oxidation sites excluding steroid dienone is 1. The number of aromatic nitrogens is 4. The average molecular weight is 1450 g/mol. The number of hydrogen-bond donors (Lipinski definition) is 1. The summed E-state index contributed by atoms with van der Waals surface area (Å²) in [5.74, 6) is -0.907. The lowest BCUT2D eigenvalue weighted by Crippen LogP contribution is -2.40. The van der Waals surface area contributed by atoms with Crippen molar-refractivity contribution in [2.24, 2.45) is 0 Å². The summed E-state index contributed by atoms with van der Waals surface area (Å²) in [6.07, 6.45) is 13.7. The zero-order chi connectivity index (χ0) is 75.4. The van der Waals surface area contributed by atoms with Crippen molar-refractivity contribution in [1.82, 2.24) is 18.3 Å². The number of benzene rings is 6. The number of aliphatic hydroxyl groups is 1. The van der Waals surface area contributed by atoms with Gasteiger partial charge in [-0.2, -0.15) is 0 Å². The quantitative estimate of drug-likeness (QED) is 0.0805. The number of aryl methyl sites for hydroxylation is 3. The minimum Gasteiger partial charge on any atom is -0.458 e. The normalized spacial score (nSPS) is 17.2. The van der Waals surface area contributed by atoms with Gasteiger partial charge in [0, 0.05) is 68.2 Å². The third kappa shape index (κ3) is 18.8. The Labute approximate surface area is 610 Å². The highest BCUT2D eigenvalue weighted by Crippen LogP contribution is 2.40. The Morgan fingerprint density at radius 2 is 0.923 bits per heavy atom. The number of fused-ring (bicyclic) bond motifs is 12. The van der Waals surface area contributed by atoms with Gasteiger partial charge in [0.25, 0.3) is 0 Å². The van der Waals surface area contributed by atoms with E-state index >= 15 is 0 Å². The predicted octanol–water partition coefficient (Wildman–Crippen LogP) is 16.2. The Morgan fingerprint density at radius 3 is 1.45 bits per heavy atom. The molecule has 0 saturated heterocycles. The number of para-hydroxylation sites is 4. The molecule has 550 valence electrons. The summed E-state index contributed by atoms with van der Waals surface area (Å²) in [6, 6.07) is 50.7. The Bertz CT molecular complexity index is 5080. The summed E-state index contributed by atoms with van der Waals surface area (Å²) < 4.78 is 76.1. The Balaban J connectivity index is 0.000000144. The first-order chi connectivity index (χ1) is 48.9. The zero-order valence-electron chi connectivity index (χ0n) is 62.2. The maximum Gasteiger partial charge on any atom is 0.355 e. The maximum absolute atomic E-state index is 13.0. The fraction of sp³-hybridized carbons (Fsp3) is 0.393. The fourth-order valence-electron chi connectivity index (χ4n) is 13.9. The van der Waals surface area contributed by atoms with Gasteiger partial charge in [-0.3, -0.25) is 4.79 Å². The molecule has 0 aliphatic carbocycles. The first kappa shape index (κ1) is 77.2. The van der Waals surface area contributed by atoms with Gasteiger partial charge in [0.05, 0.1) is 21.4 Å². The highest BCUT2D eigenvalue weighted by molar-refractivity contribution is 7.91. The van der Waals surface area contributed by atoms with Crippen LogP contribution in [0.25, 0.3) is 49.3 Å². The Morgan fingerprint density at radius 1 is 0.481 bits per heavy atom. The number of carbonyl (C=O) groups is 5. The monoisotopic (exact) mass is 1450 g/mol. The third-order valence-corrected chi connectivity index (χ3v) is 20.4. The molecule has 0 fully saturated rings. The molecule has 0 bridgehead atoms. The third-order valence-electron chi connectivity index (χ3n) is 18.1. The van der Waals surface area contributed by atoms with Crippen LogP contribution < -0.4 is 0 Å². The van der Waals surface area contributed by atoms with Crippen LogP contribution in [0, 0.1) is 0 Å². The molecule has 0 spiro atoms. The Hall–Kier alpha value is -9.37. The second-order valence-corrected chi connectivity index (χ2v) is 35.2. The van der Waals surface area contributed by atoms with E-state index in [1.54, 1.807) is 12.1 Å². The van der Waals surface area contributed by atoms with Crippen LogP contribution in [-0.2, 0) is 89.9 Å². The van der Waals surface area contributed by atoms with E-state index in [0.717, 1.165) is 108 Å². The van der Waals surface area contributed by atoms with Crippen molar-refractivity contribution in [2.75, 3.05) is 12.5 Å². The van der Waals surface area contributed by atoms with E-state index in [1.807, 2.05) is 177 Å². The fourth-order valence-corrected chi connectivity index (χ4v) is 15.1. The molecule has 10 aromatic rings. The van der Waals surface area contributed by atoms with E-state index in [0.29, 0.717) is 35.3 Å². The Kier molecular flexibility index (Phi) is 23.1. The van der Waals surface area contributed by atoms with Crippen molar-refractivity contribution in [3.05, 3.63) is 209 Å². The molecule has 4 aliphatic heterocycles. The van der Waals surface area contributed by atoms with Crippen molar-refractivity contribution >= 4 is 99.1 Å². The van der Waals surface area contributed by atoms with Gasteiger partial charge in [-0.25, -0.2) is 36.0 Å². The molecular formula is C84H98N4O14S2. The van der Waals surface area contributed by atoms with Crippen molar-refractivity contribution < 1.29 is 64.9 Å². The largest absolute Gasteiger partial charge is 0.458 e. The van der Waals surface area contributed by atoms with Crippen molar-refractivity contribution in [3.8, 4) is 0 Å². The molecule has 4 aromatic heterocycles. The van der Waals surface area contributed by atoms with Crippen LogP contribution in [-0.4, -0.2) is 111 Å². The number of nitrogens with zero attached hydrogens (tertiary/aromatic N) is 4. The van der Waals surface area contributed by atoms with E-state index in [9.17, 15) is 45.9 Å². The molecule has 0 amide bonds. The molecule has 20 heteroatoms. The highest BCUT2D eigenvalue weighted by atomic mass is 32.2. The van der Waals surface area contributed by atoms with E-state index in [4.69, 9.17) is 18.9 Å². The van der Waals surface area contributed by atoms with Crippen molar-refractivity contribution in [1.29, 1.82) is 0 Å². The minimum atomic E-state index is -3.22. The van der Waals surface area contributed by atoms with E-state index in [2.05, 4.69) is 57.7 Å². The van der Waals surface area contributed by atoms with Crippen LogP contribution in [0.5, 0.6) is 0 Å². The van der Waals surface area contributed by atoms with E-state index in [1.165, 1.54) is 63.9 Å².